The van der Waals surface area contributed by atoms with Gasteiger partial charge < -0.3 is 15.8 Å². The molecule has 0 unspecified atom stereocenters. The molecule has 2 aromatic rings. The van der Waals surface area contributed by atoms with Crippen LogP contribution in [-0.4, -0.2) is 11.6 Å². The van der Waals surface area contributed by atoms with E-state index in [0.29, 0.717) is 12.3 Å². The van der Waals surface area contributed by atoms with Crippen LogP contribution >= 0.6 is 0 Å². The van der Waals surface area contributed by atoms with Gasteiger partial charge in [-0.15, -0.1) is 0 Å². The second kappa shape index (κ2) is 5.21. The highest BCUT2D eigenvalue weighted by atomic mass is 16.5. The van der Waals surface area contributed by atoms with Crippen molar-refractivity contribution < 1.29 is 4.74 Å². The Labute approximate surface area is 100 Å². The molecule has 0 saturated carbocycles. The first-order valence-corrected chi connectivity index (χ1v) is 5.49. The average molecular weight is 229 g/mol. The van der Waals surface area contributed by atoms with Crippen molar-refractivity contribution in [1.82, 2.24) is 4.98 Å². The topological polar surface area (TPSA) is 60.2 Å². The highest BCUT2D eigenvalue weighted by Gasteiger charge is 2.02. The molecule has 0 aliphatic rings. The van der Waals surface area contributed by atoms with Gasteiger partial charge in [-0.25, -0.2) is 0 Å². The van der Waals surface area contributed by atoms with Gasteiger partial charge in [0.1, 0.15) is 5.75 Å². The Morgan fingerprint density at radius 2 is 2.00 bits per heavy atom. The Hall–Kier alpha value is -2.23. The fraction of sp³-hybridized carbons (Fsp3) is 0.154. The summed E-state index contributed by atoms with van der Waals surface area (Å²) in [6.45, 7) is 2.59. The minimum Gasteiger partial charge on any atom is -0.494 e. The molecule has 4 nitrogen and oxygen atoms in total. The standard InChI is InChI=1S/C13H15N3O/c1-2-17-11-3-4-12(14)13(9-11)16-10-5-7-15-8-6-10/h3-9H,2,14H2,1H3,(H,15,16). The molecule has 1 aromatic heterocycles. The summed E-state index contributed by atoms with van der Waals surface area (Å²) in [6.07, 6.45) is 3.45. The fourth-order valence-corrected chi connectivity index (χ4v) is 1.49. The van der Waals surface area contributed by atoms with Crippen molar-refractivity contribution in [2.75, 3.05) is 17.7 Å². The van der Waals surface area contributed by atoms with Gasteiger partial charge in [-0.1, -0.05) is 0 Å². The molecule has 17 heavy (non-hydrogen) atoms. The number of hydrogen-bond acceptors (Lipinski definition) is 4. The number of rotatable bonds is 4. The Bertz CT molecular complexity index is 485. The van der Waals surface area contributed by atoms with Gasteiger partial charge >= 0.3 is 0 Å². The van der Waals surface area contributed by atoms with Crippen molar-refractivity contribution in [2.24, 2.45) is 0 Å². The van der Waals surface area contributed by atoms with Gasteiger partial charge in [-0.3, -0.25) is 4.98 Å². The van der Waals surface area contributed by atoms with Crippen molar-refractivity contribution in [2.45, 2.75) is 6.92 Å². The van der Waals surface area contributed by atoms with Gasteiger partial charge in [0.15, 0.2) is 0 Å². The van der Waals surface area contributed by atoms with Crippen LogP contribution in [0.2, 0.25) is 0 Å². The Balaban J connectivity index is 2.22. The second-order valence-corrected chi connectivity index (χ2v) is 3.54. The van der Waals surface area contributed by atoms with Gasteiger partial charge in [0.2, 0.25) is 0 Å². The van der Waals surface area contributed by atoms with Crippen LogP contribution < -0.4 is 15.8 Å². The van der Waals surface area contributed by atoms with Crippen LogP contribution in [0.4, 0.5) is 17.1 Å². The first-order chi connectivity index (χ1) is 8.29. The first-order valence-electron chi connectivity index (χ1n) is 5.49. The summed E-state index contributed by atoms with van der Waals surface area (Å²) in [5.74, 6) is 0.804. The normalized spacial score (nSPS) is 9.94. The molecular formula is C13H15N3O. The lowest BCUT2D eigenvalue weighted by Gasteiger charge is -2.11. The third-order valence-electron chi connectivity index (χ3n) is 2.30. The molecule has 0 spiro atoms. The number of pyridine rings is 1. The maximum atomic E-state index is 5.90. The van der Waals surface area contributed by atoms with Crippen LogP contribution in [0.25, 0.3) is 0 Å². The number of anilines is 3. The maximum absolute atomic E-state index is 5.90. The zero-order valence-corrected chi connectivity index (χ0v) is 9.68. The van der Waals surface area contributed by atoms with Gasteiger partial charge in [-0.2, -0.15) is 0 Å². The smallest absolute Gasteiger partial charge is 0.121 e. The molecule has 4 heteroatoms. The molecule has 0 atom stereocenters. The predicted octanol–water partition coefficient (Wildman–Crippen LogP) is 2.81. The van der Waals surface area contributed by atoms with E-state index in [1.807, 2.05) is 37.3 Å². The van der Waals surface area contributed by atoms with E-state index in [1.54, 1.807) is 12.4 Å². The minimum absolute atomic E-state index is 0.638. The molecule has 0 aliphatic heterocycles. The van der Waals surface area contributed by atoms with E-state index in [4.69, 9.17) is 10.5 Å². The van der Waals surface area contributed by atoms with Crippen LogP contribution in [-0.2, 0) is 0 Å². The summed E-state index contributed by atoms with van der Waals surface area (Å²) in [5, 5.41) is 3.23. The van der Waals surface area contributed by atoms with E-state index in [1.165, 1.54) is 0 Å². The van der Waals surface area contributed by atoms with Crippen molar-refractivity contribution in [3.05, 3.63) is 42.7 Å². The molecule has 0 radical (unpaired) electrons. The zero-order valence-electron chi connectivity index (χ0n) is 9.68. The van der Waals surface area contributed by atoms with Crippen LogP contribution in [0.5, 0.6) is 5.75 Å². The lowest BCUT2D eigenvalue weighted by atomic mass is 10.2. The minimum atomic E-state index is 0.638. The fourth-order valence-electron chi connectivity index (χ4n) is 1.49. The summed E-state index contributed by atoms with van der Waals surface area (Å²) in [7, 11) is 0. The van der Waals surface area contributed by atoms with Crippen LogP contribution in [0.15, 0.2) is 42.7 Å². The summed E-state index contributed by atoms with van der Waals surface area (Å²) >= 11 is 0. The highest BCUT2D eigenvalue weighted by Crippen LogP contribution is 2.27. The Morgan fingerprint density at radius 3 is 2.71 bits per heavy atom. The van der Waals surface area contributed by atoms with E-state index in [2.05, 4.69) is 10.3 Å². The highest BCUT2D eigenvalue weighted by molar-refractivity contribution is 5.73. The zero-order chi connectivity index (χ0) is 12.1. The lowest BCUT2D eigenvalue weighted by Crippen LogP contribution is -1.98. The van der Waals surface area contributed by atoms with Crippen molar-refractivity contribution in [1.29, 1.82) is 0 Å². The molecule has 88 valence electrons. The molecule has 2 rings (SSSR count). The molecule has 0 saturated heterocycles. The Morgan fingerprint density at radius 1 is 1.24 bits per heavy atom. The van der Waals surface area contributed by atoms with E-state index < -0.39 is 0 Å². The number of benzene rings is 1. The molecule has 0 amide bonds. The van der Waals surface area contributed by atoms with E-state index in [9.17, 15) is 0 Å². The largest absolute Gasteiger partial charge is 0.494 e. The van der Waals surface area contributed by atoms with Gasteiger partial charge in [0, 0.05) is 24.1 Å². The Kier molecular flexibility index (Phi) is 3.45. The summed E-state index contributed by atoms with van der Waals surface area (Å²) in [5.41, 5.74) is 8.37. The summed E-state index contributed by atoms with van der Waals surface area (Å²) < 4.78 is 5.43. The number of nitrogens with one attached hydrogen (secondary N) is 1. The molecule has 0 bridgehead atoms. The molecule has 3 N–H and O–H groups in total. The maximum Gasteiger partial charge on any atom is 0.121 e. The van der Waals surface area contributed by atoms with Gasteiger partial charge in [0.25, 0.3) is 0 Å². The molecule has 1 aromatic carbocycles. The van der Waals surface area contributed by atoms with E-state index in [-0.39, 0.29) is 0 Å². The quantitative estimate of drug-likeness (QED) is 0.791. The number of nitrogen functional groups attached to an aromatic ring is 1. The van der Waals surface area contributed by atoms with Crippen LogP contribution in [0, 0.1) is 0 Å². The molecule has 0 fully saturated rings. The summed E-state index contributed by atoms with van der Waals surface area (Å²) in [4.78, 5) is 3.96. The van der Waals surface area contributed by atoms with Crippen molar-refractivity contribution in [3.8, 4) is 5.75 Å². The van der Waals surface area contributed by atoms with Crippen molar-refractivity contribution in [3.63, 3.8) is 0 Å². The molecular weight excluding hydrogens is 214 g/mol. The van der Waals surface area contributed by atoms with E-state index in [0.717, 1.165) is 17.1 Å². The summed E-state index contributed by atoms with van der Waals surface area (Å²) in [6, 6.07) is 9.34. The number of nitrogens with zero attached hydrogens (tertiary/aromatic N) is 1. The van der Waals surface area contributed by atoms with Gasteiger partial charge in [0.05, 0.1) is 18.0 Å². The van der Waals surface area contributed by atoms with Crippen LogP contribution in [0.1, 0.15) is 6.92 Å². The molecule has 1 heterocycles. The third kappa shape index (κ3) is 2.87. The predicted molar refractivity (Wildman–Crippen MR) is 69.5 cm³/mol. The van der Waals surface area contributed by atoms with E-state index >= 15 is 0 Å². The third-order valence-corrected chi connectivity index (χ3v) is 2.30. The molecule has 0 aliphatic carbocycles. The SMILES string of the molecule is CCOc1ccc(N)c(Nc2ccncc2)c1. The van der Waals surface area contributed by atoms with Crippen LogP contribution in [0.3, 0.4) is 0 Å². The lowest BCUT2D eigenvalue weighted by molar-refractivity contribution is 0.340. The number of nitrogens with two attached hydrogens (primary N) is 1. The first kappa shape index (κ1) is 11.3. The number of ether oxygens (including phenoxy) is 1. The monoisotopic (exact) mass is 229 g/mol. The average Bonchev–Trinajstić information content (AvgIpc) is 2.35. The second-order valence-electron chi connectivity index (χ2n) is 3.54. The number of aromatic nitrogens is 1. The van der Waals surface area contributed by atoms with Gasteiger partial charge in [-0.05, 0) is 31.2 Å². The van der Waals surface area contributed by atoms with Crippen molar-refractivity contribution >= 4 is 17.1 Å². The number of hydrogen-bond donors (Lipinski definition) is 2.